The van der Waals surface area contributed by atoms with Gasteiger partial charge in [0.15, 0.2) is 17.7 Å². The number of fused-ring (bicyclic) bond motifs is 4. The lowest BCUT2D eigenvalue weighted by molar-refractivity contribution is -0.281. The number of hydrogen-bond donors (Lipinski definition) is 1. The predicted molar refractivity (Wildman–Crippen MR) is 272 cm³/mol. The molecule has 13 atom stereocenters. The molecule has 3 aliphatic heterocycles. The number of nitrogens with one attached hydrogen (secondary N) is 1. The summed E-state index contributed by atoms with van der Waals surface area (Å²) in [5.41, 5.74) is 6.71. The van der Waals surface area contributed by atoms with Gasteiger partial charge in [-0.1, -0.05) is 106 Å². The number of azide groups is 1. The summed E-state index contributed by atoms with van der Waals surface area (Å²) in [4.78, 5) is 88.9. The molecule has 0 spiro atoms. The van der Waals surface area contributed by atoms with E-state index in [-0.39, 0.29) is 57.3 Å². The molecular formula is C56H70FN5O13. The first kappa shape index (κ1) is 56.3. The van der Waals surface area contributed by atoms with E-state index in [4.69, 9.17) is 38.7 Å². The Bertz CT molecular complexity index is 2590. The zero-order chi connectivity index (χ0) is 54.4. The van der Waals surface area contributed by atoms with Gasteiger partial charge in [0.2, 0.25) is 0 Å². The zero-order valence-corrected chi connectivity index (χ0v) is 44.2. The maximum Gasteiger partial charge on any atom is 0.410 e. The van der Waals surface area contributed by atoms with Crippen LogP contribution in [-0.4, -0.2) is 128 Å². The number of rotatable bonds is 15. The number of Topliss-reactive ketones (excluding diaryl/α,β-unsaturated/α-hetero) is 2. The molecule has 7 rings (SSSR count). The Labute approximate surface area is 437 Å². The molecule has 3 saturated heterocycles. The molecule has 4 unspecified atom stereocenters. The number of nitrogens with zero attached hydrogens (tertiary/aromatic N) is 4. The maximum atomic E-state index is 17.3. The van der Waals surface area contributed by atoms with E-state index in [0.717, 1.165) is 29.2 Å². The van der Waals surface area contributed by atoms with Gasteiger partial charge < -0.3 is 43.4 Å². The summed E-state index contributed by atoms with van der Waals surface area (Å²) >= 11 is 0. The Hall–Kier alpha value is -6.40. The van der Waals surface area contributed by atoms with Crippen molar-refractivity contribution in [2.45, 2.75) is 147 Å². The van der Waals surface area contributed by atoms with Gasteiger partial charge in [-0.05, 0) is 92.8 Å². The van der Waals surface area contributed by atoms with Crippen molar-refractivity contribution < 1.29 is 66.3 Å². The lowest BCUT2D eigenvalue weighted by Gasteiger charge is -2.47. The topological polar surface area (TPSA) is 231 Å². The number of alkyl carbamates (subject to hydrolysis) is 1. The summed E-state index contributed by atoms with van der Waals surface area (Å²) in [6, 6.07) is 22.5. The van der Waals surface area contributed by atoms with Crippen molar-refractivity contribution in [3.63, 3.8) is 0 Å². The molecule has 75 heavy (non-hydrogen) atoms. The van der Waals surface area contributed by atoms with Crippen LogP contribution in [0.25, 0.3) is 21.6 Å². The number of ketones is 2. The van der Waals surface area contributed by atoms with Crippen LogP contribution in [0.4, 0.5) is 14.0 Å². The smallest absolute Gasteiger partial charge is 0.410 e. The largest absolute Gasteiger partial charge is 0.459 e. The monoisotopic (exact) mass is 1040 g/mol. The number of alkyl halides is 1. The second kappa shape index (κ2) is 23.6. The van der Waals surface area contributed by atoms with Crippen LogP contribution in [0.1, 0.15) is 115 Å². The number of hydrogen-bond acceptors (Lipinski definition) is 14. The molecule has 404 valence electrons. The molecule has 0 saturated carbocycles. The van der Waals surface area contributed by atoms with E-state index in [0.29, 0.717) is 18.4 Å². The lowest BCUT2D eigenvalue weighted by Crippen LogP contribution is -2.61. The lowest BCUT2D eigenvalue weighted by atomic mass is 9.73. The van der Waals surface area contributed by atoms with Crippen LogP contribution >= 0.6 is 0 Å². The maximum absolute atomic E-state index is 17.3. The first-order valence-electron chi connectivity index (χ1n) is 25.9. The predicted octanol–water partition coefficient (Wildman–Crippen LogP) is 9.46. The van der Waals surface area contributed by atoms with E-state index in [1.165, 1.54) is 25.9 Å². The quantitative estimate of drug-likeness (QED) is 0.0285. The third-order valence-corrected chi connectivity index (χ3v) is 15.8. The molecule has 18 nitrogen and oxygen atoms in total. The molecule has 0 radical (unpaired) electrons. The standard InChI is InChI=1S/C56H70FN5O13/c1-10-44-56(8)46(62(53(68)75-56)27-19-18-26-59-61-58)34(4)45(63)32(2)29-54(6,69-9)48(35(5)47(64)55(7,57)51(66)73-44)74-50-33(3)43(28-37(72-50)30-70-49(65)36-20-12-11-13-21-36)60-52(67)71-31-42-40-24-16-14-22-38(40)39-23-15-17-25-41(39)42/h11-17,20-25,32-35,37,42-44,46,48,50H,10,18-19,26-31H2,1-9H3,(H,60,67)/t32-,33?,34+,35+,37?,43?,44-,46-,48-,50?,54+,55+,56-/m1/s1. The highest BCUT2D eigenvalue weighted by Gasteiger charge is 2.62. The van der Waals surface area contributed by atoms with Crippen molar-refractivity contribution in [1.29, 1.82) is 0 Å². The molecule has 3 aromatic rings. The fraction of sp³-hybridized carbons (Fsp3) is 0.571. The number of amides is 2. The highest BCUT2D eigenvalue weighted by molar-refractivity contribution is 6.08. The number of cyclic esters (lactones) is 1. The van der Waals surface area contributed by atoms with Gasteiger partial charge in [-0.25, -0.2) is 23.6 Å². The molecule has 1 N–H and O–H groups in total. The first-order chi connectivity index (χ1) is 35.7. The van der Waals surface area contributed by atoms with Crippen LogP contribution in [0.2, 0.25) is 0 Å². The summed E-state index contributed by atoms with van der Waals surface area (Å²) in [6.07, 6.45) is -5.64. The van der Waals surface area contributed by atoms with E-state index < -0.39 is 107 Å². The van der Waals surface area contributed by atoms with Crippen molar-refractivity contribution in [2.24, 2.45) is 28.8 Å². The highest BCUT2D eigenvalue weighted by atomic mass is 19.1. The fourth-order valence-corrected chi connectivity index (χ4v) is 11.7. The molecule has 3 fully saturated rings. The average molecular weight is 1040 g/mol. The van der Waals surface area contributed by atoms with Gasteiger partial charge >= 0.3 is 24.1 Å². The zero-order valence-electron chi connectivity index (χ0n) is 44.2. The van der Waals surface area contributed by atoms with Gasteiger partial charge in [0.1, 0.15) is 25.1 Å². The number of unbranched alkanes of at least 4 members (excludes halogenated alkanes) is 1. The molecule has 3 heterocycles. The van der Waals surface area contributed by atoms with Crippen LogP contribution in [0.3, 0.4) is 0 Å². The summed E-state index contributed by atoms with van der Waals surface area (Å²) in [6.45, 7) is 12.1. The van der Waals surface area contributed by atoms with Gasteiger partial charge in [-0.2, -0.15) is 0 Å². The number of carbonyl (C=O) groups excluding carboxylic acids is 6. The minimum absolute atomic E-state index is 0.0183. The fourth-order valence-electron chi connectivity index (χ4n) is 11.7. The van der Waals surface area contributed by atoms with Crippen molar-refractivity contribution in [3.05, 3.63) is 106 Å². The second-order valence-corrected chi connectivity index (χ2v) is 20.9. The van der Waals surface area contributed by atoms with Gasteiger partial charge in [0.05, 0.1) is 29.4 Å². The van der Waals surface area contributed by atoms with E-state index in [9.17, 15) is 28.8 Å². The summed E-state index contributed by atoms with van der Waals surface area (Å²) < 4.78 is 60.6. The van der Waals surface area contributed by atoms with Crippen molar-refractivity contribution in [2.75, 3.05) is 33.4 Å². The molecular weight excluding hydrogens is 970 g/mol. The normalized spacial score (nSPS) is 32.2. The van der Waals surface area contributed by atoms with Crippen molar-refractivity contribution >= 4 is 35.7 Å². The Morgan fingerprint density at radius 3 is 2.15 bits per heavy atom. The molecule has 1 aliphatic carbocycles. The molecule has 3 aromatic carbocycles. The van der Waals surface area contributed by atoms with Crippen LogP contribution in [0.5, 0.6) is 0 Å². The van der Waals surface area contributed by atoms with Gasteiger partial charge in [0, 0.05) is 60.7 Å². The number of halogens is 1. The van der Waals surface area contributed by atoms with E-state index in [1.807, 2.05) is 48.5 Å². The molecule has 19 heteroatoms. The Morgan fingerprint density at radius 1 is 0.880 bits per heavy atom. The molecule has 0 aromatic heterocycles. The van der Waals surface area contributed by atoms with Crippen molar-refractivity contribution in [1.82, 2.24) is 10.2 Å². The van der Waals surface area contributed by atoms with E-state index in [2.05, 4.69) is 15.3 Å². The number of benzene rings is 3. The van der Waals surface area contributed by atoms with Crippen LogP contribution < -0.4 is 5.32 Å². The van der Waals surface area contributed by atoms with E-state index in [1.54, 1.807) is 65.0 Å². The Balaban J connectivity index is 1.19. The SMILES string of the molecule is CC[C@H]1OC(=O)[C@@](C)(F)C(=O)[C@H](C)[C@@H](OC2OC(COC(=O)c3ccccc3)CC(NC(=O)OCC3c4ccccc4-c4ccccc43)C2C)[C@@](C)(OC)C[C@@H](C)C(=O)[C@H](C)[C@H]2N(CCCCN=[N+]=[N-])C(=O)O[C@]12C. The summed E-state index contributed by atoms with van der Waals surface area (Å²) in [5, 5.41) is 6.57. The summed E-state index contributed by atoms with van der Waals surface area (Å²) in [7, 11) is 1.36. The Kier molecular flexibility index (Phi) is 17.8. The average Bonchev–Trinajstić information content (AvgIpc) is 3.86. The highest BCUT2D eigenvalue weighted by Crippen LogP contribution is 2.46. The van der Waals surface area contributed by atoms with Gasteiger partial charge in [-0.3, -0.25) is 9.59 Å². The van der Waals surface area contributed by atoms with Gasteiger partial charge in [-0.15, -0.1) is 0 Å². The number of methoxy groups -OCH3 is 1. The number of ether oxygens (including phenoxy) is 7. The van der Waals surface area contributed by atoms with Crippen LogP contribution in [-0.2, 0) is 47.5 Å². The summed E-state index contributed by atoms with van der Waals surface area (Å²) in [5.74, 6) is -7.93. The minimum atomic E-state index is -3.29. The van der Waals surface area contributed by atoms with Crippen LogP contribution in [0.15, 0.2) is 84.0 Å². The van der Waals surface area contributed by atoms with Crippen molar-refractivity contribution in [3.8, 4) is 11.1 Å². The van der Waals surface area contributed by atoms with Gasteiger partial charge in [0.25, 0.3) is 5.67 Å². The minimum Gasteiger partial charge on any atom is -0.459 e. The van der Waals surface area contributed by atoms with E-state index >= 15 is 4.39 Å². The third kappa shape index (κ3) is 11.7. The Morgan fingerprint density at radius 2 is 1.52 bits per heavy atom. The second-order valence-electron chi connectivity index (χ2n) is 20.9. The number of esters is 2. The van der Waals surface area contributed by atoms with Crippen LogP contribution in [0, 0.1) is 23.7 Å². The molecule has 0 bridgehead atoms. The third-order valence-electron chi connectivity index (χ3n) is 15.8. The number of carbonyl (C=O) groups is 6. The first-order valence-corrected chi connectivity index (χ1v) is 25.9. The molecule has 2 amide bonds. The molecule has 4 aliphatic rings.